The molecule has 0 atom stereocenters. The van der Waals surface area contributed by atoms with Gasteiger partial charge in [0.05, 0.1) is 16.6 Å². The van der Waals surface area contributed by atoms with Crippen molar-refractivity contribution in [2.45, 2.75) is 0 Å². The van der Waals surface area contributed by atoms with E-state index >= 15 is 0 Å². The zero-order valence-corrected chi connectivity index (χ0v) is 7.25. The van der Waals surface area contributed by atoms with E-state index in [9.17, 15) is 14.5 Å². The number of nitro benzene ring substituents is 1. The summed E-state index contributed by atoms with van der Waals surface area (Å²) in [6.45, 7) is 0. The van der Waals surface area contributed by atoms with Gasteiger partial charge >= 0.3 is 0 Å². The van der Waals surface area contributed by atoms with Crippen LogP contribution < -0.4 is 0 Å². The molecule has 2 rings (SSSR count). The third-order valence-electron chi connectivity index (χ3n) is 1.77. The molecule has 0 amide bonds. The van der Waals surface area contributed by atoms with Crippen molar-refractivity contribution in [3.05, 3.63) is 40.5 Å². The van der Waals surface area contributed by atoms with Gasteiger partial charge < -0.3 is 4.52 Å². The first-order valence-electron chi connectivity index (χ1n) is 3.89. The lowest BCUT2D eigenvalue weighted by Gasteiger charge is -1.96. The first-order chi connectivity index (χ1) is 7.18. The number of benzene rings is 1. The molecule has 7 heteroatoms. The summed E-state index contributed by atoms with van der Waals surface area (Å²) in [5.74, 6) is -0.701. The lowest BCUT2D eigenvalue weighted by atomic mass is 10.2. The Morgan fingerprint density at radius 2 is 2.27 bits per heavy atom. The second-order valence-corrected chi connectivity index (χ2v) is 2.68. The maximum Gasteiger partial charge on any atom is 0.272 e. The van der Waals surface area contributed by atoms with E-state index in [4.69, 9.17) is 0 Å². The van der Waals surface area contributed by atoms with Gasteiger partial charge in [-0.15, -0.1) is 0 Å². The molecule has 0 unspecified atom stereocenters. The summed E-state index contributed by atoms with van der Waals surface area (Å²) in [5.41, 5.74) is -0.255. The number of nitrogens with zero attached hydrogens (tertiary/aromatic N) is 3. The van der Waals surface area contributed by atoms with Crippen LogP contribution in [0.1, 0.15) is 0 Å². The third-order valence-corrected chi connectivity index (χ3v) is 1.77. The van der Waals surface area contributed by atoms with Crippen molar-refractivity contribution in [1.29, 1.82) is 0 Å². The van der Waals surface area contributed by atoms with Crippen molar-refractivity contribution in [3.63, 3.8) is 0 Å². The Hall–Kier alpha value is -2.31. The number of non-ortho nitro benzene ring substituents is 1. The summed E-state index contributed by atoms with van der Waals surface area (Å²) in [6, 6.07) is 3.22. The summed E-state index contributed by atoms with van der Waals surface area (Å²) in [7, 11) is 0. The summed E-state index contributed by atoms with van der Waals surface area (Å²) in [6.07, 6.45) is 1.05. The molecule has 0 saturated heterocycles. The first kappa shape index (κ1) is 9.25. The van der Waals surface area contributed by atoms with Gasteiger partial charge in [0.2, 0.25) is 12.2 Å². The van der Waals surface area contributed by atoms with Crippen LogP contribution in [0.25, 0.3) is 11.4 Å². The molecule has 1 heterocycles. The lowest BCUT2D eigenvalue weighted by molar-refractivity contribution is -0.385. The van der Waals surface area contributed by atoms with Gasteiger partial charge in [-0.05, 0) is 6.07 Å². The van der Waals surface area contributed by atoms with E-state index in [0.717, 1.165) is 12.5 Å². The highest BCUT2D eigenvalue weighted by molar-refractivity contribution is 5.57. The number of aromatic nitrogens is 2. The Labute approximate surface area is 82.5 Å². The molecule has 0 aliphatic rings. The highest BCUT2D eigenvalue weighted by Gasteiger charge is 2.14. The van der Waals surface area contributed by atoms with Crippen molar-refractivity contribution in [2.24, 2.45) is 0 Å². The smallest absolute Gasteiger partial charge is 0.272 e. The van der Waals surface area contributed by atoms with Gasteiger partial charge in [0.25, 0.3) is 5.69 Å². The predicted molar refractivity (Wildman–Crippen MR) is 46.3 cm³/mol. The Balaban J connectivity index is 2.48. The van der Waals surface area contributed by atoms with E-state index in [1.807, 2.05) is 0 Å². The van der Waals surface area contributed by atoms with Gasteiger partial charge in [0.1, 0.15) is 5.82 Å². The fourth-order valence-electron chi connectivity index (χ4n) is 1.09. The molecule has 0 radical (unpaired) electrons. The maximum atomic E-state index is 13.3. The average molecular weight is 209 g/mol. The van der Waals surface area contributed by atoms with Gasteiger partial charge in [-0.3, -0.25) is 10.1 Å². The largest absolute Gasteiger partial charge is 0.342 e. The Morgan fingerprint density at radius 3 is 2.80 bits per heavy atom. The number of hydrogen-bond donors (Lipinski definition) is 0. The van der Waals surface area contributed by atoms with Crippen molar-refractivity contribution >= 4 is 5.69 Å². The number of hydrogen-bond acceptors (Lipinski definition) is 5. The second kappa shape index (κ2) is 3.45. The quantitative estimate of drug-likeness (QED) is 0.556. The van der Waals surface area contributed by atoms with Crippen LogP contribution in [0.3, 0.4) is 0 Å². The van der Waals surface area contributed by atoms with E-state index < -0.39 is 10.7 Å². The van der Waals surface area contributed by atoms with Crippen molar-refractivity contribution < 1.29 is 13.8 Å². The molecule has 0 bridgehead atoms. The van der Waals surface area contributed by atoms with Crippen molar-refractivity contribution in [1.82, 2.24) is 10.1 Å². The Bertz CT molecular complexity index is 498. The standard InChI is InChI=1S/C8H4FN3O3/c9-7-3-5(12(13)14)1-2-6(7)8-10-4-15-11-8/h1-4H. The van der Waals surface area contributed by atoms with E-state index in [1.54, 1.807) is 0 Å². The van der Waals surface area contributed by atoms with Crippen LogP contribution in [0.4, 0.5) is 10.1 Å². The van der Waals surface area contributed by atoms with Crippen LogP contribution in [0.15, 0.2) is 29.1 Å². The molecule has 15 heavy (non-hydrogen) atoms. The van der Waals surface area contributed by atoms with Gasteiger partial charge in [-0.25, -0.2) is 4.39 Å². The van der Waals surface area contributed by atoms with Gasteiger partial charge in [0, 0.05) is 6.07 Å². The SMILES string of the molecule is O=[N+]([O-])c1ccc(-c2ncon2)c(F)c1. The molecule has 0 N–H and O–H groups in total. The highest BCUT2D eigenvalue weighted by Crippen LogP contribution is 2.23. The van der Waals surface area contributed by atoms with Crippen molar-refractivity contribution in [2.75, 3.05) is 0 Å². The minimum Gasteiger partial charge on any atom is -0.342 e. The summed E-state index contributed by atoms with van der Waals surface area (Å²) in [4.78, 5) is 13.3. The van der Waals surface area contributed by atoms with Crippen LogP contribution in [0.5, 0.6) is 0 Å². The molecule has 2 aromatic rings. The Kier molecular flexibility index (Phi) is 2.13. The highest BCUT2D eigenvalue weighted by atomic mass is 19.1. The average Bonchev–Trinajstić information content (AvgIpc) is 2.70. The van der Waals surface area contributed by atoms with E-state index in [2.05, 4.69) is 14.7 Å². The topological polar surface area (TPSA) is 82.1 Å². The van der Waals surface area contributed by atoms with Gasteiger partial charge in [0.15, 0.2) is 0 Å². The molecule has 6 nitrogen and oxygen atoms in total. The molecule has 0 fully saturated rings. The summed E-state index contributed by atoms with van der Waals surface area (Å²) in [5, 5.41) is 13.8. The summed E-state index contributed by atoms with van der Waals surface area (Å²) >= 11 is 0. The second-order valence-electron chi connectivity index (χ2n) is 2.68. The molecule has 0 aliphatic heterocycles. The fraction of sp³-hybridized carbons (Fsp3) is 0. The van der Waals surface area contributed by atoms with Crippen LogP contribution in [0, 0.1) is 15.9 Å². The van der Waals surface area contributed by atoms with Crippen LogP contribution in [-0.2, 0) is 0 Å². The van der Waals surface area contributed by atoms with Crippen LogP contribution in [-0.4, -0.2) is 15.1 Å². The minimum atomic E-state index is -0.759. The molecule has 0 aliphatic carbocycles. The summed E-state index contributed by atoms with van der Waals surface area (Å²) < 4.78 is 17.8. The molecule has 1 aromatic heterocycles. The zero-order chi connectivity index (χ0) is 10.8. The normalized spacial score (nSPS) is 10.2. The molecule has 0 saturated carbocycles. The van der Waals surface area contributed by atoms with Gasteiger partial charge in [-0.1, -0.05) is 5.16 Å². The molecule has 1 aromatic carbocycles. The van der Waals surface area contributed by atoms with Crippen LogP contribution in [0.2, 0.25) is 0 Å². The molecule has 76 valence electrons. The monoisotopic (exact) mass is 209 g/mol. The Morgan fingerprint density at radius 1 is 1.47 bits per heavy atom. The van der Waals surface area contributed by atoms with E-state index in [1.165, 1.54) is 12.1 Å². The van der Waals surface area contributed by atoms with Gasteiger partial charge in [-0.2, -0.15) is 4.98 Å². The fourth-order valence-corrected chi connectivity index (χ4v) is 1.09. The van der Waals surface area contributed by atoms with E-state index in [0.29, 0.717) is 0 Å². The minimum absolute atomic E-state index is 0.0578. The van der Waals surface area contributed by atoms with Crippen molar-refractivity contribution in [3.8, 4) is 11.4 Å². The molecular formula is C8H4FN3O3. The first-order valence-corrected chi connectivity index (χ1v) is 3.89. The maximum absolute atomic E-state index is 13.3. The molecular weight excluding hydrogens is 205 g/mol. The molecule has 0 spiro atoms. The predicted octanol–water partition coefficient (Wildman–Crippen LogP) is 1.78. The van der Waals surface area contributed by atoms with Crippen LogP contribution >= 0.6 is 0 Å². The number of halogens is 1. The lowest BCUT2D eigenvalue weighted by Crippen LogP contribution is -1.91. The zero-order valence-electron chi connectivity index (χ0n) is 7.25. The van der Waals surface area contributed by atoms with E-state index in [-0.39, 0.29) is 17.1 Å². The number of rotatable bonds is 2. The number of nitro groups is 1. The third kappa shape index (κ3) is 1.66.